The molecule has 0 radical (unpaired) electrons. The molecule has 0 unspecified atom stereocenters. The summed E-state index contributed by atoms with van der Waals surface area (Å²) in [6, 6.07) is 0. The largest absolute Gasteiger partial charge is 0.563 e. The topological polar surface area (TPSA) is 18.5 Å². The molecule has 0 heterocycles. The zero-order chi connectivity index (χ0) is 35.9. The van der Waals surface area contributed by atoms with Gasteiger partial charge < -0.3 is 9.31 Å². The van der Waals surface area contributed by atoms with Crippen LogP contribution >= 0.6 is 0 Å². The Bertz CT molecular complexity index is 926. The van der Waals surface area contributed by atoms with E-state index in [0.717, 1.165) is 0 Å². The Morgan fingerprint density at radius 3 is 0.581 bits per heavy atom. The van der Waals surface area contributed by atoms with Crippen molar-refractivity contribution in [3.8, 4) is 0 Å². The first-order valence-electron chi connectivity index (χ1n) is 9.28. The lowest BCUT2D eigenvalue weighted by atomic mass is 9.41. The summed E-state index contributed by atoms with van der Waals surface area (Å²) >= 11 is 0. The molecule has 0 aromatic carbocycles. The molecule has 0 spiro atoms. The maximum Gasteiger partial charge on any atom is 0.460 e. The van der Waals surface area contributed by atoms with Crippen LogP contribution in [0.15, 0.2) is 0 Å². The molecule has 0 rings (SSSR count). The number of rotatable bonds is 12. The highest BCUT2D eigenvalue weighted by Crippen LogP contribution is 2.66. The number of hydrogen-bond donors (Lipinski definition) is 0. The second-order valence-electron chi connectivity index (χ2n) is 8.02. The lowest BCUT2D eigenvalue weighted by molar-refractivity contribution is -0.441. The highest BCUT2D eigenvalue weighted by molar-refractivity contribution is 6.73. The lowest BCUT2D eigenvalue weighted by Crippen LogP contribution is -2.84. The standard InChI is InChI=1S/C14H6BF26O2/c1-42-15(43-2,11(32,33)7(24,25)3(16,17)5(20,21)9(28,29)13(36,37)38)12(34,35)8(26,27)4(18,19)6(22,23)10(30,31)14(39,40)41/h1-2H3/q-1. The van der Waals surface area contributed by atoms with E-state index in [9.17, 15) is 114 Å². The minimum atomic E-state index is -9.16. The molecule has 0 N–H and O–H groups in total. The van der Waals surface area contributed by atoms with E-state index in [2.05, 4.69) is 9.31 Å². The van der Waals surface area contributed by atoms with Crippen LogP contribution in [-0.4, -0.2) is 92.1 Å². The van der Waals surface area contributed by atoms with Crippen molar-refractivity contribution in [1.82, 2.24) is 0 Å². The van der Waals surface area contributed by atoms with Gasteiger partial charge in [0.15, 0.2) is 0 Å². The molecule has 2 nitrogen and oxygen atoms in total. The van der Waals surface area contributed by atoms with E-state index in [0.29, 0.717) is 0 Å². The summed E-state index contributed by atoms with van der Waals surface area (Å²) in [4.78, 5) is 0. The van der Waals surface area contributed by atoms with Crippen LogP contribution in [0.5, 0.6) is 0 Å². The predicted octanol–water partition coefficient (Wildman–Crippen LogP) is 8.28. The van der Waals surface area contributed by atoms with Crippen LogP contribution in [0.2, 0.25) is 0 Å². The zero-order valence-corrected chi connectivity index (χ0v) is 19.2. The molecule has 0 aromatic rings. The Morgan fingerprint density at radius 1 is 0.279 bits per heavy atom. The summed E-state index contributed by atoms with van der Waals surface area (Å²) in [6.07, 6.45) is -16.2. The van der Waals surface area contributed by atoms with E-state index in [1.807, 2.05) is 0 Å². The molecule has 0 bridgehead atoms. The minimum Gasteiger partial charge on any atom is -0.563 e. The summed E-state index contributed by atoms with van der Waals surface area (Å²) in [6.45, 7) is -8.71. The fourth-order valence-electron chi connectivity index (χ4n) is 2.96. The molecular formula is C14H6BF26O2-. The van der Waals surface area contributed by atoms with Crippen LogP contribution in [0.4, 0.5) is 114 Å². The van der Waals surface area contributed by atoms with Gasteiger partial charge in [-0.3, -0.25) is 0 Å². The van der Waals surface area contributed by atoms with Gasteiger partial charge in [-0.25, -0.2) is 17.6 Å². The van der Waals surface area contributed by atoms with E-state index >= 15 is 0 Å². The maximum atomic E-state index is 14.5. The summed E-state index contributed by atoms with van der Waals surface area (Å²) in [5.74, 6) is -89.4. The van der Waals surface area contributed by atoms with E-state index in [4.69, 9.17) is 0 Å². The Hall–Kier alpha value is -1.84. The van der Waals surface area contributed by atoms with Gasteiger partial charge in [0.1, 0.15) is 0 Å². The van der Waals surface area contributed by atoms with Crippen LogP contribution in [0.1, 0.15) is 0 Å². The van der Waals surface area contributed by atoms with E-state index < -0.39 is 92.1 Å². The van der Waals surface area contributed by atoms with Crippen molar-refractivity contribution in [2.24, 2.45) is 0 Å². The molecule has 260 valence electrons. The first kappa shape index (κ1) is 41.2. The average molecular weight is 711 g/mol. The molecule has 0 aromatic heterocycles. The highest BCUT2D eigenvalue weighted by Gasteiger charge is 2.97. The Balaban J connectivity index is 7.79. The maximum absolute atomic E-state index is 14.5. The molecule has 0 aliphatic rings. The quantitative estimate of drug-likeness (QED) is 0.150. The molecule has 0 aliphatic carbocycles. The van der Waals surface area contributed by atoms with Crippen LogP contribution in [0, 0.1) is 0 Å². The Kier molecular flexibility index (Phi) is 9.65. The summed E-state index contributed by atoms with van der Waals surface area (Å²) < 4.78 is 352. The molecule has 0 atom stereocenters. The van der Waals surface area contributed by atoms with Crippen molar-refractivity contribution in [2.75, 3.05) is 14.2 Å². The average Bonchev–Trinajstić information content (AvgIpc) is 2.77. The summed E-state index contributed by atoms with van der Waals surface area (Å²) in [5.41, 5.74) is 0. The van der Waals surface area contributed by atoms with Crippen LogP contribution in [0.25, 0.3) is 0 Å². The summed E-state index contributed by atoms with van der Waals surface area (Å²) in [7, 11) is -2.47. The fraction of sp³-hybridized carbons (Fsp3) is 1.00. The molecule has 0 saturated heterocycles. The molecule has 0 fully saturated rings. The van der Waals surface area contributed by atoms with Gasteiger partial charge in [-0.05, 0) is 14.2 Å². The predicted molar refractivity (Wildman–Crippen MR) is 81.4 cm³/mol. The van der Waals surface area contributed by atoms with Crippen LogP contribution < -0.4 is 0 Å². The third kappa shape index (κ3) is 4.65. The molecule has 43 heavy (non-hydrogen) atoms. The number of halogens is 26. The van der Waals surface area contributed by atoms with Gasteiger partial charge in [0.25, 0.3) is 11.6 Å². The van der Waals surface area contributed by atoms with Gasteiger partial charge in [-0.1, -0.05) is 0 Å². The van der Waals surface area contributed by atoms with Crippen molar-refractivity contribution in [1.29, 1.82) is 0 Å². The lowest BCUT2D eigenvalue weighted by Gasteiger charge is -2.55. The Labute approximate surface area is 217 Å². The first-order valence-corrected chi connectivity index (χ1v) is 9.28. The molecular weight excluding hydrogens is 705 g/mol. The van der Waals surface area contributed by atoms with Gasteiger partial charge in [0.05, 0.1) is 0 Å². The van der Waals surface area contributed by atoms with Gasteiger partial charge in [0.2, 0.25) is 0 Å². The molecule has 29 heteroatoms. The second kappa shape index (κ2) is 10.1. The fourth-order valence-corrected chi connectivity index (χ4v) is 2.96. The van der Waals surface area contributed by atoms with Gasteiger partial charge in [-0.2, -0.15) is 96.6 Å². The summed E-state index contributed by atoms with van der Waals surface area (Å²) in [5, 5.41) is 0. The van der Waals surface area contributed by atoms with Gasteiger partial charge in [0, 0.05) is 0 Å². The van der Waals surface area contributed by atoms with Crippen LogP contribution in [0.3, 0.4) is 0 Å². The van der Waals surface area contributed by atoms with Crippen LogP contribution in [-0.2, 0) is 9.31 Å². The second-order valence-corrected chi connectivity index (χ2v) is 8.02. The van der Waals surface area contributed by atoms with Crippen molar-refractivity contribution < 1.29 is 123 Å². The van der Waals surface area contributed by atoms with Crippen molar-refractivity contribution >= 4 is 6.55 Å². The SMILES string of the molecule is CO[B-](OC)(C(F)(F)C(F)(F)C(F)(F)C(F)(F)C(F)(F)C(F)(F)F)C(F)(F)C(F)(F)C(F)(F)C(F)(F)C(F)(F)C(F)(F)F. The van der Waals surface area contributed by atoms with Crippen molar-refractivity contribution in [2.45, 2.75) is 71.4 Å². The van der Waals surface area contributed by atoms with Crippen molar-refractivity contribution in [3.05, 3.63) is 0 Å². The molecule has 0 saturated carbocycles. The molecule has 0 amide bonds. The smallest absolute Gasteiger partial charge is 0.460 e. The first-order chi connectivity index (χ1) is 18.1. The van der Waals surface area contributed by atoms with Gasteiger partial charge in [-0.15, -0.1) is 0 Å². The Morgan fingerprint density at radius 2 is 0.442 bits per heavy atom. The molecule has 0 aliphatic heterocycles. The van der Waals surface area contributed by atoms with E-state index in [1.54, 1.807) is 0 Å². The van der Waals surface area contributed by atoms with Crippen molar-refractivity contribution in [3.63, 3.8) is 0 Å². The highest BCUT2D eigenvalue weighted by atomic mass is 19.4. The third-order valence-corrected chi connectivity index (χ3v) is 5.53. The minimum absolute atomic E-state index is 1.24. The monoisotopic (exact) mass is 711 g/mol. The number of hydrogen-bond acceptors (Lipinski definition) is 2. The normalized spacial score (nSPS) is 17.0. The van der Waals surface area contributed by atoms with E-state index in [1.165, 1.54) is 0 Å². The van der Waals surface area contributed by atoms with E-state index in [-0.39, 0.29) is 0 Å². The zero-order valence-electron chi connectivity index (χ0n) is 19.2. The third-order valence-electron chi connectivity index (χ3n) is 5.53. The van der Waals surface area contributed by atoms with Gasteiger partial charge >= 0.3 is 66.3 Å². The number of alkyl halides is 26.